The topological polar surface area (TPSA) is 102 Å². The average molecular weight is 326 g/mol. The van der Waals surface area contributed by atoms with E-state index >= 15 is 0 Å². The zero-order chi connectivity index (χ0) is 16.8. The lowest BCUT2D eigenvalue weighted by molar-refractivity contribution is 0.425. The second-order valence-electron chi connectivity index (χ2n) is 6.17. The van der Waals surface area contributed by atoms with Gasteiger partial charge < -0.3 is 15.1 Å². The summed E-state index contributed by atoms with van der Waals surface area (Å²) in [6.07, 6.45) is 5.62. The summed E-state index contributed by atoms with van der Waals surface area (Å²) in [6, 6.07) is 3.74. The fraction of sp³-hybridized carbons (Fsp3) is 0.312. The van der Waals surface area contributed by atoms with Crippen molar-refractivity contribution in [1.29, 1.82) is 0 Å². The van der Waals surface area contributed by atoms with Gasteiger partial charge in [0.15, 0.2) is 22.9 Å². The van der Waals surface area contributed by atoms with E-state index in [2.05, 4.69) is 15.1 Å². The number of aromatic nitrogens is 4. The Bertz CT molecular complexity index is 1030. The van der Waals surface area contributed by atoms with Crippen LogP contribution in [0.3, 0.4) is 0 Å². The third-order valence-electron chi connectivity index (χ3n) is 3.91. The smallest absolute Gasteiger partial charge is 0.198 e. The van der Waals surface area contributed by atoms with Gasteiger partial charge in [0.2, 0.25) is 0 Å². The van der Waals surface area contributed by atoms with Gasteiger partial charge in [-0.15, -0.1) is 0 Å². The second-order valence-corrected chi connectivity index (χ2v) is 6.17. The lowest BCUT2D eigenvalue weighted by Crippen LogP contribution is -2.22. The van der Waals surface area contributed by atoms with Crippen molar-refractivity contribution in [2.45, 2.75) is 18.9 Å². The van der Waals surface area contributed by atoms with Crippen molar-refractivity contribution in [3.8, 4) is 11.8 Å². The number of fused-ring (bicyclic) bond motifs is 1. The molecule has 124 valence electrons. The molecule has 0 aromatic carbocycles. The largest absolute Gasteiger partial charge is 0.494 e. The van der Waals surface area contributed by atoms with Crippen LogP contribution in [0.25, 0.3) is 11.7 Å². The number of hydrogen-bond donors (Lipinski definition) is 3. The van der Waals surface area contributed by atoms with E-state index < -0.39 is 0 Å². The number of nitrogens with one attached hydrogen (secondary N) is 1. The van der Waals surface area contributed by atoms with Crippen LogP contribution < -0.4 is 15.6 Å². The van der Waals surface area contributed by atoms with Gasteiger partial charge in [0.05, 0.1) is 12.2 Å². The molecule has 0 unspecified atom stereocenters. The highest BCUT2D eigenvalue weighted by atomic mass is 16.3. The van der Waals surface area contributed by atoms with E-state index in [1.807, 2.05) is 25.1 Å². The van der Waals surface area contributed by atoms with E-state index in [0.29, 0.717) is 17.3 Å². The first-order valence-electron chi connectivity index (χ1n) is 7.74. The Kier molecular flexibility index (Phi) is 3.19. The summed E-state index contributed by atoms with van der Waals surface area (Å²) >= 11 is 0. The maximum absolute atomic E-state index is 9.81. The molecule has 8 heteroatoms. The number of rotatable bonds is 3. The molecule has 0 bridgehead atoms. The second kappa shape index (κ2) is 5.26. The quantitative estimate of drug-likeness (QED) is 0.636. The van der Waals surface area contributed by atoms with Gasteiger partial charge in [-0.1, -0.05) is 0 Å². The molecule has 3 aromatic heterocycles. The van der Waals surface area contributed by atoms with Crippen LogP contribution >= 0.6 is 0 Å². The summed E-state index contributed by atoms with van der Waals surface area (Å²) in [7, 11) is 3.85. The average Bonchev–Trinajstić information content (AvgIpc) is 3.16. The molecule has 4 rings (SSSR count). The lowest BCUT2D eigenvalue weighted by atomic mass is 10.2. The molecule has 0 saturated heterocycles. The fourth-order valence-corrected chi connectivity index (χ4v) is 2.49. The number of H-pyrrole nitrogens is 1. The van der Waals surface area contributed by atoms with Gasteiger partial charge >= 0.3 is 0 Å². The van der Waals surface area contributed by atoms with Gasteiger partial charge in [0.1, 0.15) is 5.82 Å². The van der Waals surface area contributed by atoms with Crippen LogP contribution in [0.2, 0.25) is 0 Å². The normalized spacial score (nSPS) is 16.2. The van der Waals surface area contributed by atoms with E-state index in [1.165, 1.54) is 6.07 Å². The molecule has 3 heterocycles. The molecule has 1 fully saturated rings. The van der Waals surface area contributed by atoms with Crippen LogP contribution in [0, 0.1) is 0 Å². The number of aromatic hydroxyl groups is 2. The molecule has 8 nitrogen and oxygen atoms in total. The number of hydrogen-bond acceptors (Lipinski definition) is 6. The molecule has 0 radical (unpaired) electrons. The zero-order valence-corrected chi connectivity index (χ0v) is 13.4. The number of aromatic amines is 1. The number of nitrogens with zero attached hydrogens (tertiary/aromatic N) is 5. The van der Waals surface area contributed by atoms with Crippen molar-refractivity contribution in [2.75, 3.05) is 19.0 Å². The highest BCUT2D eigenvalue weighted by molar-refractivity contribution is 5.62. The van der Waals surface area contributed by atoms with Crippen molar-refractivity contribution in [3.05, 3.63) is 34.6 Å². The van der Waals surface area contributed by atoms with E-state index in [0.717, 1.165) is 29.4 Å². The van der Waals surface area contributed by atoms with Crippen LogP contribution in [0.15, 0.2) is 23.3 Å². The monoisotopic (exact) mass is 326 g/mol. The first-order chi connectivity index (χ1) is 11.5. The molecular weight excluding hydrogens is 308 g/mol. The zero-order valence-electron chi connectivity index (χ0n) is 13.4. The summed E-state index contributed by atoms with van der Waals surface area (Å²) in [4.78, 5) is 13.7. The molecule has 0 aliphatic heterocycles. The summed E-state index contributed by atoms with van der Waals surface area (Å²) in [5, 5.41) is 24.4. The van der Waals surface area contributed by atoms with Gasteiger partial charge in [-0.2, -0.15) is 9.61 Å². The van der Waals surface area contributed by atoms with Crippen LogP contribution in [0.4, 0.5) is 5.82 Å². The van der Waals surface area contributed by atoms with Crippen molar-refractivity contribution in [2.24, 2.45) is 4.99 Å². The molecule has 1 aliphatic rings. The SMILES string of the molecule is CN(C)c1cc(=NC2CC2)n2ncc(=Cc3cc(O)[nH]c3O)c2n1. The molecular formula is C16H18N6O2. The van der Waals surface area contributed by atoms with Gasteiger partial charge in [0, 0.05) is 37.0 Å². The minimum absolute atomic E-state index is 0.0958. The lowest BCUT2D eigenvalue weighted by Gasteiger charge is -2.11. The molecule has 3 N–H and O–H groups in total. The molecule has 24 heavy (non-hydrogen) atoms. The molecule has 0 amide bonds. The van der Waals surface area contributed by atoms with Crippen molar-refractivity contribution in [1.82, 2.24) is 19.6 Å². The van der Waals surface area contributed by atoms with E-state index in [-0.39, 0.29) is 11.8 Å². The summed E-state index contributed by atoms with van der Waals surface area (Å²) < 4.78 is 1.71. The molecule has 1 saturated carbocycles. The Hall–Kier alpha value is -3.03. The predicted molar refractivity (Wildman–Crippen MR) is 88.8 cm³/mol. The maximum atomic E-state index is 9.81. The Morgan fingerprint density at radius 3 is 2.75 bits per heavy atom. The highest BCUT2D eigenvalue weighted by Gasteiger charge is 2.20. The van der Waals surface area contributed by atoms with Gasteiger partial charge in [-0.05, 0) is 18.9 Å². The van der Waals surface area contributed by atoms with Crippen LogP contribution in [-0.4, -0.2) is 49.9 Å². The first-order valence-corrected chi connectivity index (χ1v) is 7.74. The molecule has 0 spiro atoms. The Labute approximate surface area is 137 Å². The Morgan fingerprint density at radius 2 is 2.12 bits per heavy atom. The third kappa shape index (κ3) is 2.55. The summed E-state index contributed by atoms with van der Waals surface area (Å²) in [6.45, 7) is 0. The van der Waals surface area contributed by atoms with Crippen LogP contribution in [0.1, 0.15) is 18.4 Å². The van der Waals surface area contributed by atoms with Crippen LogP contribution in [0.5, 0.6) is 11.8 Å². The first kappa shape index (κ1) is 14.6. The molecule has 1 aliphatic carbocycles. The predicted octanol–water partition coefficient (Wildman–Crippen LogP) is 0.145. The van der Waals surface area contributed by atoms with Crippen molar-refractivity contribution >= 4 is 17.5 Å². The summed E-state index contributed by atoms with van der Waals surface area (Å²) in [5.41, 5.74) is 1.90. The molecule has 3 aromatic rings. The standard InChI is InChI=1S/C16H18N6O2/c1-21(2)12-7-13(18-11-3-4-11)22-15(19-12)10(8-17-22)5-9-6-14(23)20-16(9)24/h5-8,11,20,23-24H,3-4H2,1-2H3. The van der Waals surface area contributed by atoms with Crippen LogP contribution in [-0.2, 0) is 0 Å². The van der Waals surface area contributed by atoms with Gasteiger partial charge in [-0.3, -0.25) is 9.98 Å². The highest BCUT2D eigenvalue weighted by Crippen LogP contribution is 2.23. The van der Waals surface area contributed by atoms with E-state index in [9.17, 15) is 10.2 Å². The van der Waals surface area contributed by atoms with Crippen molar-refractivity contribution in [3.63, 3.8) is 0 Å². The fourth-order valence-electron chi connectivity index (χ4n) is 2.49. The molecule has 0 atom stereocenters. The summed E-state index contributed by atoms with van der Waals surface area (Å²) in [5.74, 6) is 0.596. The number of anilines is 1. The third-order valence-corrected chi connectivity index (χ3v) is 3.91. The minimum Gasteiger partial charge on any atom is -0.494 e. The van der Waals surface area contributed by atoms with Gasteiger partial charge in [0.25, 0.3) is 0 Å². The Morgan fingerprint density at radius 1 is 1.33 bits per heavy atom. The van der Waals surface area contributed by atoms with E-state index in [1.54, 1.807) is 16.8 Å². The minimum atomic E-state index is -0.0986. The van der Waals surface area contributed by atoms with E-state index in [4.69, 9.17) is 4.99 Å². The van der Waals surface area contributed by atoms with Gasteiger partial charge in [-0.25, -0.2) is 4.98 Å². The Balaban J connectivity index is 1.98. The maximum Gasteiger partial charge on any atom is 0.198 e. The van der Waals surface area contributed by atoms with Crippen molar-refractivity contribution < 1.29 is 10.2 Å².